The third-order valence-corrected chi connectivity index (χ3v) is 11.0. The molecule has 28 heavy (non-hydrogen) atoms. The fraction of sp³-hybridized carbons (Fsp3) is 1.00. The number of rotatable bonds is 5. The highest BCUT2D eigenvalue weighted by Crippen LogP contribution is 2.69. The Kier molecular flexibility index (Phi) is 6.01. The number of fused-ring (bicyclic) bond motifs is 5. The SMILES string of the molecule is CC(C)CCC[C@@H](C)[C@H]1CC[C@H]2[C@@H]3CCC4CCCC[C@]4(C)[C@H]3C(C)C[C@]12C. The van der Waals surface area contributed by atoms with Crippen molar-refractivity contribution in [3.63, 3.8) is 0 Å². The molecule has 9 atom stereocenters. The van der Waals surface area contributed by atoms with Crippen LogP contribution in [0.1, 0.15) is 119 Å². The lowest BCUT2D eigenvalue weighted by Gasteiger charge is -2.63. The van der Waals surface area contributed by atoms with Crippen LogP contribution in [0.2, 0.25) is 0 Å². The van der Waals surface area contributed by atoms with Crippen molar-refractivity contribution in [1.82, 2.24) is 0 Å². The van der Waals surface area contributed by atoms with Gasteiger partial charge in [0.1, 0.15) is 0 Å². The molecule has 0 aromatic carbocycles. The number of hydrogen-bond donors (Lipinski definition) is 0. The van der Waals surface area contributed by atoms with Crippen molar-refractivity contribution in [2.75, 3.05) is 0 Å². The normalized spacial score (nSPS) is 49.4. The van der Waals surface area contributed by atoms with Crippen LogP contribution in [0, 0.1) is 58.2 Å². The van der Waals surface area contributed by atoms with Crippen LogP contribution in [0.15, 0.2) is 0 Å². The van der Waals surface area contributed by atoms with Crippen molar-refractivity contribution in [2.45, 2.75) is 119 Å². The molecule has 0 aliphatic heterocycles. The topological polar surface area (TPSA) is 0 Å². The van der Waals surface area contributed by atoms with E-state index in [2.05, 4.69) is 41.5 Å². The highest BCUT2D eigenvalue weighted by molar-refractivity contribution is 5.10. The summed E-state index contributed by atoms with van der Waals surface area (Å²) in [7, 11) is 0. The van der Waals surface area contributed by atoms with Crippen molar-refractivity contribution >= 4 is 0 Å². The smallest absolute Gasteiger partial charge is 0.0261 e. The summed E-state index contributed by atoms with van der Waals surface area (Å²) in [6.45, 7) is 15.6. The second-order valence-corrected chi connectivity index (χ2v) is 13.0. The van der Waals surface area contributed by atoms with Gasteiger partial charge >= 0.3 is 0 Å². The molecule has 0 aromatic rings. The van der Waals surface area contributed by atoms with Crippen LogP contribution in [0.5, 0.6) is 0 Å². The van der Waals surface area contributed by atoms with Gasteiger partial charge in [-0.3, -0.25) is 0 Å². The van der Waals surface area contributed by atoms with Crippen LogP contribution in [-0.2, 0) is 0 Å². The lowest BCUT2D eigenvalue weighted by Crippen LogP contribution is -2.56. The second kappa shape index (κ2) is 7.92. The second-order valence-electron chi connectivity index (χ2n) is 13.0. The predicted octanol–water partition coefficient (Wildman–Crippen LogP) is 8.74. The van der Waals surface area contributed by atoms with E-state index in [-0.39, 0.29) is 0 Å². The molecule has 4 fully saturated rings. The van der Waals surface area contributed by atoms with Gasteiger partial charge in [-0.05, 0) is 103 Å². The summed E-state index contributed by atoms with van der Waals surface area (Å²) in [6.07, 6.45) is 18.3. The summed E-state index contributed by atoms with van der Waals surface area (Å²) in [5.74, 6) is 7.98. The Morgan fingerprint density at radius 1 is 0.857 bits per heavy atom. The molecule has 162 valence electrons. The fourth-order valence-corrected chi connectivity index (χ4v) is 10.0. The monoisotopic (exact) mass is 386 g/mol. The van der Waals surface area contributed by atoms with E-state index >= 15 is 0 Å². The molecule has 0 aromatic heterocycles. The van der Waals surface area contributed by atoms with E-state index < -0.39 is 0 Å². The summed E-state index contributed by atoms with van der Waals surface area (Å²) >= 11 is 0. The molecule has 4 rings (SSSR count). The van der Waals surface area contributed by atoms with Gasteiger partial charge in [-0.2, -0.15) is 0 Å². The molecule has 2 unspecified atom stereocenters. The maximum atomic E-state index is 2.76. The standard InChI is InChI=1S/C28H50/c1-19(2)10-9-11-20(3)24-15-16-25-23-14-13-22-12-7-8-17-27(22,5)26(23)21(4)18-28(24,25)6/h19-26H,7-18H2,1-6H3/t20-,21?,22?,23+,24-,25+,26+,27+,28-/m1/s1. The molecule has 0 heterocycles. The van der Waals surface area contributed by atoms with Crippen molar-refractivity contribution in [2.24, 2.45) is 58.2 Å². The summed E-state index contributed by atoms with van der Waals surface area (Å²) in [5, 5.41) is 0. The Morgan fingerprint density at radius 2 is 1.64 bits per heavy atom. The molecule has 4 saturated carbocycles. The van der Waals surface area contributed by atoms with Gasteiger partial charge in [0.05, 0.1) is 0 Å². The molecular formula is C28H50. The summed E-state index contributed by atoms with van der Waals surface area (Å²) in [4.78, 5) is 0. The minimum atomic E-state index is 0.649. The highest BCUT2D eigenvalue weighted by Gasteiger charge is 2.62. The van der Waals surface area contributed by atoms with E-state index in [0.29, 0.717) is 10.8 Å². The molecule has 0 spiro atoms. The maximum absolute atomic E-state index is 2.76. The summed E-state index contributed by atoms with van der Waals surface area (Å²) in [6, 6.07) is 0. The molecular weight excluding hydrogens is 336 g/mol. The van der Waals surface area contributed by atoms with E-state index in [0.717, 1.165) is 47.3 Å². The Bertz CT molecular complexity index is 534. The molecule has 0 N–H and O–H groups in total. The molecule has 0 amide bonds. The Morgan fingerprint density at radius 3 is 2.39 bits per heavy atom. The zero-order chi connectivity index (χ0) is 20.1. The van der Waals surface area contributed by atoms with Gasteiger partial charge in [0.15, 0.2) is 0 Å². The molecule has 0 nitrogen and oxygen atoms in total. The van der Waals surface area contributed by atoms with Gasteiger partial charge < -0.3 is 0 Å². The quantitative estimate of drug-likeness (QED) is 0.443. The van der Waals surface area contributed by atoms with Crippen molar-refractivity contribution in [1.29, 1.82) is 0 Å². The Labute approximate surface area is 177 Å². The lowest BCUT2D eigenvalue weighted by atomic mass is 9.42. The first-order valence-electron chi connectivity index (χ1n) is 13.3. The van der Waals surface area contributed by atoms with Gasteiger partial charge in [0.2, 0.25) is 0 Å². The Balaban J connectivity index is 1.51. The summed E-state index contributed by atoms with van der Waals surface area (Å²) < 4.78 is 0. The van der Waals surface area contributed by atoms with Gasteiger partial charge in [-0.1, -0.05) is 73.6 Å². The first-order valence-corrected chi connectivity index (χ1v) is 13.3. The van der Waals surface area contributed by atoms with E-state index in [4.69, 9.17) is 0 Å². The molecule has 0 heteroatoms. The van der Waals surface area contributed by atoms with Crippen LogP contribution in [0.25, 0.3) is 0 Å². The Hall–Kier alpha value is 0. The van der Waals surface area contributed by atoms with Gasteiger partial charge in [-0.15, -0.1) is 0 Å². The third-order valence-electron chi connectivity index (χ3n) is 11.0. The maximum Gasteiger partial charge on any atom is -0.0261 e. The van der Waals surface area contributed by atoms with Gasteiger partial charge in [0.25, 0.3) is 0 Å². The molecule has 4 aliphatic rings. The van der Waals surface area contributed by atoms with Crippen molar-refractivity contribution in [3.8, 4) is 0 Å². The van der Waals surface area contributed by atoms with Crippen LogP contribution in [0.3, 0.4) is 0 Å². The first kappa shape index (κ1) is 21.2. The average molecular weight is 387 g/mol. The van der Waals surface area contributed by atoms with E-state index in [1.165, 1.54) is 32.1 Å². The van der Waals surface area contributed by atoms with Crippen LogP contribution < -0.4 is 0 Å². The van der Waals surface area contributed by atoms with Crippen LogP contribution in [-0.4, -0.2) is 0 Å². The zero-order valence-corrected chi connectivity index (χ0v) is 20.1. The van der Waals surface area contributed by atoms with E-state index in [1.807, 2.05) is 0 Å². The minimum absolute atomic E-state index is 0.649. The largest absolute Gasteiger partial charge is 0.0628 e. The average Bonchev–Trinajstić information content (AvgIpc) is 2.97. The predicted molar refractivity (Wildman–Crippen MR) is 122 cm³/mol. The van der Waals surface area contributed by atoms with Crippen LogP contribution in [0.4, 0.5) is 0 Å². The zero-order valence-electron chi connectivity index (χ0n) is 20.1. The molecule has 0 radical (unpaired) electrons. The minimum Gasteiger partial charge on any atom is -0.0628 e. The molecule has 4 aliphatic carbocycles. The highest BCUT2D eigenvalue weighted by atomic mass is 14.7. The van der Waals surface area contributed by atoms with Gasteiger partial charge in [0, 0.05) is 0 Å². The first-order chi connectivity index (χ1) is 13.3. The van der Waals surface area contributed by atoms with Crippen LogP contribution >= 0.6 is 0 Å². The van der Waals surface area contributed by atoms with E-state index in [9.17, 15) is 0 Å². The number of hydrogen-bond acceptors (Lipinski definition) is 0. The lowest BCUT2D eigenvalue weighted by molar-refractivity contribution is -0.141. The molecule has 0 saturated heterocycles. The van der Waals surface area contributed by atoms with E-state index in [1.54, 1.807) is 44.9 Å². The third kappa shape index (κ3) is 3.41. The van der Waals surface area contributed by atoms with Gasteiger partial charge in [-0.25, -0.2) is 0 Å². The fourth-order valence-electron chi connectivity index (χ4n) is 10.0. The van der Waals surface area contributed by atoms with Crippen molar-refractivity contribution in [3.05, 3.63) is 0 Å². The molecule has 0 bridgehead atoms. The summed E-state index contributed by atoms with van der Waals surface area (Å²) in [5.41, 5.74) is 1.33. The van der Waals surface area contributed by atoms with Crippen molar-refractivity contribution < 1.29 is 0 Å².